The van der Waals surface area contributed by atoms with Gasteiger partial charge in [0.2, 0.25) is 0 Å². The lowest BCUT2D eigenvalue weighted by atomic mass is 10.0. The van der Waals surface area contributed by atoms with Crippen molar-refractivity contribution in [2.24, 2.45) is 5.92 Å². The van der Waals surface area contributed by atoms with Crippen molar-refractivity contribution < 1.29 is 14.7 Å². The lowest BCUT2D eigenvalue weighted by Crippen LogP contribution is -2.32. The molecule has 2 N–H and O–H groups in total. The number of aliphatic carboxylic acids is 1. The first-order valence-electron chi connectivity index (χ1n) is 7.78. The molecule has 0 spiro atoms. The van der Waals surface area contributed by atoms with E-state index in [0.717, 1.165) is 12.0 Å². The molecular weight excluding hydrogens is 330 g/mol. The Morgan fingerprint density at radius 1 is 1.38 bits per heavy atom. The first-order chi connectivity index (χ1) is 11.5. The third kappa shape index (κ3) is 4.83. The van der Waals surface area contributed by atoms with E-state index in [1.807, 2.05) is 25.1 Å². The van der Waals surface area contributed by atoms with E-state index in [2.05, 4.69) is 10.4 Å². The summed E-state index contributed by atoms with van der Waals surface area (Å²) in [5.41, 5.74) is 1.30. The average Bonchev–Trinajstić information content (AvgIpc) is 3.01. The molecule has 1 unspecified atom stereocenters. The Kier molecular flexibility index (Phi) is 6.37. The molecule has 0 saturated heterocycles. The molecule has 0 aliphatic rings. The van der Waals surface area contributed by atoms with Crippen LogP contribution in [0.15, 0.2) is 36.7 Å². The third-order valence-corrected chi connectivity index (χ3v) is 4.05. The van der Waals surface area contributed by atoms with Gasteiger partial charge in [-0.3, -0.25) is 14.3 Å². The number of rotatable bonds is 8. The van der Waals surface area contributed by atoms with Gasteiger partial charge in [0.1, 0.15) is 0 Å². The monoisotopic (exact) mass is 349 g/mol. The number of hydrogen-bond acceptors (Lipinski definition) is 3. The Balaban J connectivity index is 1.96. The van der Waals surface area contributed by atoms with Crippen LogP contribution >= 0.6 is 11.6 Å². The van der Waals surface area contributed by atoms with Crippen LogP contribution in [0.1, 0.15) is 35.7 Å². The van der Waals surface area contributed by atoms with E-state index in [4.69, 9.17) is 16.7 Å². The number of amides is 1. The molecule has 0 radical (unpaired) electrons. The van der Waals surface area contributed by atoms with Crippen LogP contribution in [0.4, 0.5) is 0 Å². The van der Waals surface area contributed by atoms with Gasteiger partial charge in [0.05, 0.1) is 24.2 Å². The van der Waals surface area contributed by atoms with E-state index in [0.29, 0.717) is 23.6 Å². The molecule has 1 heterocycles. The maximum Gasteiger partial charge on any atom is 0.308 e. The van der Waals surface area contributed by atoms with Crippen molar-refractivity contribution in [3.63, 3.8) is 0 Å². The predicted octanol–water partition coefficient (Wildman–Crippen LogP) is 2.82. The van der Waals surface area contributed by atoms with E-state index < -0.39 is 11.9 Å². The highest BCUT2D eigenvalue weighted by atomic mass is 35.5. The second-order valence-corrected chi connectivity index (χ2v) is 5.96. The third-order valence-electron chi connectivity index (χ3n) is 3.68. The van der Waals surface area contributed by atoms with Crippen molar-refractivity contribution in [2.45, 2.75) is 26.3 Å². The van der Waals surface area contributed by atoms with Crippen molar-refractivity contribution in [2.75, 3.05) is 6.54 Å². The summed E-state index contributed by atoms with van der Waals surface area (Å²) in [6, 6.07) is 7.43. The van der Waals surface area contributed by atoms with Gasteiger partial charge in [0, 0.05) is 17.8 Å². The molecule has 0 bridgehead atoms. The molecule has 6 nitrogen and oxygen atoms in total. The molecule has 24 heavy (non-hydrogen) atoms. The standard InChI is InChI=1S/C17H20ClN3O3/c1-2-5-12(17(23)24)8-19-16(22)14-9-20-21(11-14)10-13-6-3-4-7-15(13)18/h3-4,6-7,9,11-12H,2,5,8,10H2,1H3,(H,19,22)(H,23,24). The van der Waals surface area contributed by atoms with Crippen molar-refractivity contribution in [3.8, 4) is 0 Å². The minimum Gasteiger partial charge on any atom is -0.481 e. The zero-order valence-electron chi connectivity index (χ0n) is 13.4. The van der Waals surface area contributed by atoms with E-state index >= 15 is 0 Å². The number of aromatic nitrogens is 2. The normalized spacial score (nSPS) is 11.9. The molecule has 1 amide bonds. The van der Waals surface area contributed by atoms with Gasteiger partial charge in [0.15, 0.2) is 0 Å². The lowest BCUT2D eigenvalue weighted by Gasteiger charge is -2.11. The molecule has 0 aliphatic heterocycles. The largest absolute Gasteiger partial charge is 0.481 e. The molecule has 128 valence electrons. The van der Waals surface area contributed by atoms with Crippen molar-refractivity contribution in [3.05, 3.63) is 52.8 Å². The second-order valence-electron chi connectivity index (χ2n) is 5.55. The number of halogens is 1. The van der Waals surface area contributed by atoms with E-state index in [1.54, 1.807) is 16.9 Å². The fourth-order valence-electron chi connectivity index (χ4n) is 2.35. The second kappa shape index (κ2) is 8.49. The zero-order valence-corrected chi connectivity index (χ0v) is 14.2. The van der Waals surface area contributed by atoms with Gasteiger partial charge in [0.25, 0.3) is 5.91 Å². The molecule has 2 aromatic rings. The highest BCUT2D eigenvalue weighted by molar-refractivity contribution is 6.31. The van der Waals surface area contributed by atoms with Crippen molar-refractivity contribution in [1.29, 1.82) is 0 Å². The summed E-state index contributed by atoms with van der Waals surface area (Å²) in [5, 5.41) is 16.6. The van der Waals surface area contributed by atoms with Crippen LogP contribution in [0.25, 0.3) is 0 Å². The highest BCUT2D eigenvalue weighted by Gasteiger charge is 2.18. The smallest absolute Gasteiger partial charge is 0.308 e. The number of hydrogen-bond donors (Lipinski definition) is 2. The summed E-state index contributed by atoms with van der Waals surface area (Å²) in [6.45, 7) is 2.48. The van der Waals surface area contributed by atoms with Gasteiger partial charge in [-0.15, -0.1) is 0 Å². The molecule has 0 fully saturated rings. The van der Waals surface area contributed by atoms with Gasteiger partial charge in [-0.1, -0.05) is 43.1 Å². The minimum absolute atomic E-state index is 0.109. The Labute approximate surface area is 145 Å². The van der Waals surface area contributed by atoms with E-state index in [1.165, 1.54) is 6.20 Å². The van der Waals surface area contributed by atoms with Gasteiger partial charge in [-0.2, -0.15) is 5.10 Å². The maximum atomic E-state index is 12.1. The van der Waals surface area contributed by atoms with Crippen LogP contribution in [0.2, 0.25) is 5.02 Å². The summed E-state index contributed by atoms with van der Waals surface area (Å²) < 4.78 is 1.62. The molecule has 1 aromatic carbocycles. The zero-order chi connectivity index (χ0) is 17.5. The highest BCUT2D eigenvalue weighted by Crippen LogP contribution is 2.16. The summed E-state index contributed by atoms with van der Waals surface area (Å²) in [6.07, 6.45) is 4.36. The summed E-state index contributed by atoms with van der Waals surface area (Å²) >= 11 is 6.11. The number of carbonyl (C=O) groups excluding carboxylic acids is 1. The van der Waals surface area contributed by atoms with Gasteiger partial charge >= 0.3 is 5.97 Å². The first kappa shape index (κ1) is 18.0. The number of benzene rings is 1. The molecule has 1 aromatic heterocycles. The number of carbonyl (C=O) groups is 2. The molecular formula is C17H20ClN3O3. The fraction of sp³-hybridized carbons (Fsp3) is 0.353. The fourth-order valence-corrected chi connectivity index (χ4v) is 2.54. The van der Waals surface area contributed by atoms with Crippen LogP contribution in [-0.2, 0) is 11.3 Å². The van der Waals surface area contributed by atoms with Gasteiger partial charge < -0.3 is 10.4 Å². The molecule has 1 atom stereocenters. The SMILES string of the molecule is CCCC(CNC(=O)c1cnn(Cc2ccccc2Cl)c1)C(=O)O. The Morgan fingerprint density at radius 3 is 2.79 bits per heavy atom. The number of carboxylic acid groups (broad SMARTS) is 1. The molecule has 0 saturated carbocycles. The van der Waals surface area contributed by atoms with Crippen LogP contribution < -0.4 is 5.32 Å². The minimum atomic E-state index is -0.897. The van der Waals surface area contributed by atoms with Crippen LogP contribution in [0.3, 0.4) is 0 Å². The van der Waals surface area contributed by atoms with Crippen molar-refractivity contribution >= 4 is 23.5 Å². The van der Waals surface area contributed by atoms with Crippen LogP contribution in [0.5, 0.6) is 0 Å². The Bertz CT molecular complexity index is 715. The Morgan fingerprint density at radius 2 is 2.12 bits per heavy atom. The average molecular weight is 350 g/mol. The quantitative estimate of drug-likeness (QED) is 0.767. The summed E-state index contributed by atoms with van der Waals surface area (Å²) in [4.78, 5) is 23.2. The van der Waals surface area contributed by atoms with Gasteiger partial charge in [-0.05, 0) is 18.1 Å². The van der Waals surface area contributed by atoms with Gasteiger partial charge in [-0.25, -0.2) is 0 Å². The van der Waals surface area contributed by atoms with E-state index in [-0.39, 0.29) is 12.5 Å². The Hall–Kier alpha value is -2.34. The molecule has 0 aliphatic carbocycles. The number of nitrogens with one attached hydrogen (secondary N) is 1. The van der Waals surface area contributed by atoms with Crippen LogP contribution in [-0.4, -0.2) is 33.3 Å². The molecule has 7 heteroatoms. The van der Waals surface area contributed by atoms with Crippen molar-refractivity contribution in [1.82, 2.24) is 15.1 Å². The number of nitrogens with zero attached hydrogens (tertiary/aromatic N) is 2. The number of carboxylic acids is 1. The van der Waals surface area contributed by atoms with Crippen LogP contribution in [0, 0.1) is 5.92 Å². The molecule has 2 rings (SSSR count). The summed E-state index contributed by atoms with van der Waals surface area (Å²) in [5.74, 6) is -1.80. The topological polar surface area (TPSA) is 84.2 Å². The maximum absolute atomic E-state index is 12.1. The lowest BCUT2D eigenvalue weighted by molar-refractivity contribution is -0.141. The summed E-state index contributed by atoms with van der Waals surface area (Å²) in [7, 11) is 0. The first-order valence-corrected chi connectivity index (χ1v) is 8.16. The van der Waals surface area contributed by atoms with E-state index in [9.17, 15) is 9.59 Å². The predicted molar refractivity (Wildman–Crippen MR) is 91.1 cm³/mol.